The van der Waals surface area contributed by atoms with E-state index in [1.165, 1.54) is 0 Å². The average Bonchev–Trinajstić information content (AvgIpc) is 2.51. The first-order chi connectivity index (χ1) is 12.6. The Morgan fingerprint density at radius 2 is 1.82 bits per heavy atom. The summed E-state index contributed by atoms with van der Waals surface area (Å²) in [6.07, 6.45) is -0.174. The summed E-state index contributed by atoms with van der Waals surface area (Å²) < 4.78 is 35.1. The highest BCUT2D eigenvalue weighted by Crippen LogP contribution is 2.35. The molecule has 0 heterocycles. The number of benzene rings is 1. The van der Waals surface area contributed by atoms with E-state index in [1.807, 2.05) is 0 Å². The number of non-ortho nitro benzene ring substituents is 1. The van der Waals surface area contributed by atoms with Crippen molar-refractivity contribution in [1.29, 1.82) is 0 Å². The van der Waals surface area contributed by atoms with Gasteiger partial charge in [0.2, 0.25) is 0 Å². The van der Waals surface area contributed by atoms with Crippen molar-refractivity contribution >= 4 is 22.6 Å². The van der Waals surface area contributed by atoms with Crippen LogP contribution in [0.1, 0.15) is 66.9 Å². The number of nitrogens with zero attached hydrogens (tertiary/aromatic N) is 1. The van der Waals surface area contributed by atoms with Crippen molar-refractivity contribution in [2.75, 3.05) is 0 Å². The van der Waals surface area contributed by atoms with Crippen molar-refractivity contribution < 1.29 is 23.1 Å². The summed E-state index contributed by atoms with van der Waals surface area (Å²) in [6, 6.07) is 3.11. The first-order valence-electron chi connectivity index (χ1n) is 8.97. The molecule has 0 bridgehead atoms. The number of carbonyl (C=O) groups is 1. The lowest BCUT2D eigenvalue weighted by atomic mass is 9.84. The number of nitrogens with one attached hydrogen (secondary N) is 1. The summed E-state index contributed by atoms with van der Waals surface area (Å²) >= 11 is 0. The van der Waals surface area contributed by atoms with Gasteiger partial charge in [0.05, 0.1) is 32.6 Å². The largest absolute Gasteiger partial charge is 0.460 e. The molecule has 1 aromatic rings. The smallest absolute Gasteiger partial charge is 0.308 e. The first kappa shape index (κ1) is 24.2. The molecule has 0 saturated carbocycles. The predicted molar refractivity (Wildman–Crippen MR) is 107 cm³/mol. The number of hydrogen-bond donors (Lipinski definition) is 1. The van der Waals surface area contributed by atoms with E-state index in [4.69, 9.17) is 4.74 Å². The average molecular weight is 417 g/mol. The summed E-state index contributed by atoms with van der Waals surface area (Å²) in [5.74, 6) is -1.35. The van der Waals surface area contributed by atoms with Crippen LogP contribution in [0.25, 0.3) is 0 Å². The van der Waals surface area contributed by atoms with E-state index in [0.717, 1.165) is 18.2 Å². The lowest BCUT2D eigenvalue weighted by Crippen LogP contribution is -2.50. The molecule has 1 N–H and O–H groups in total. The Labute approximate surface area is 167 Å². The van der Waals surface area contributed by atoms with Crippen molar-refractivity contribution in [2.45, 2.75) is 77.2 Å². The zero-order valence-corrected chi connectivity index (χ0v) is 18.2. The summed E-state index contributed by atoms with van der Waals surface area (Å²) in [5.41, 5.74) is -2.60. The fourth-order valence-electron chi connectivity index (χ4n) is 2.52. The SMILES string of the molecule is CC[C@@](CC(=O)OC(C)(C)C)(N[S@](=O)C(C)(C)C)c1cc([N+](=O)[O-])ccc1F. The fraction of sp³-hybridized carbons (Fsp3) is 0.632. The van der Waals surface area contributed by atoms with Crippen molar-refractivity contribution in [3.05, 3.63) is 39.7 Å². The molecule has 158 valence electrons. The van der Waals surface area contributed by atoms with Gasteiger partial charge in [-0.25, -0.2) is 13.3 Å². The number of nitro benzene ring substituents is 1. The highest BCUT2D eigenvalue weighted by molar-refractivity contribution is 7.84. The van der Waals surface area contributed by atoms with Gasteiger partial charge in [0.1, 0.15) is 11.4 Å². The van der Waals surface area contributed by atoms with Crippen LogP contribution in [0.4, 0.5) is 10.1 Å². The monoisotopic (exact) mass is 416 g/mol. The molecule has 0 radical (unpaired) electrons. The molecule has 0 spiro atoms. The Morgan fingerprint density at radius 1 is 1.25 bits per heavy atom. The first-order valence-corrected chi connectivity index (χ1v) is 10.1. The second kappa shape index (κ2) is 8.65. The number of rotatable bonds is 7. The van der Waals surface area contributed by atoms with Gasteiger partial charge in [0.25, 0.3) is 5.69 Å². The van der Waals surface area contributed by atoms with Gasteiger partial charge in [-0.2, -0.15) is 0 Å². The standard InChI is InChI=1S/C19H29FN2O5S/c1-8-19(21-28(26)18(5,6)7,12-16(23)27-17(2,3)4)14-11-13(22(24)25)9-10-15(14)20/h9-11,21H,8,12H2,1-7H3/t19-,28+/m0/s1. The molecule has 7 nitrogen and oxygen atoms in total. The minimum atomic E-state index is -1.67. The van der Waals surface area contributed by atoms with Gasteiger partial charge < -0.3 is 4.74 Å². The van der Waals surface area contributed by atoms with E-state index in [1.54, 1.807) is 48.5 Å². The molecule has 2 atom stereocenters. The van der Waals surface area contributed by atoms with Crippen LogP contribution in [-0.4, -0.2) is 25.4 Å². The number of halogens is 1. The third-order valence-corrected chi connectivity index (χ3v) is 5.68. The van der Waals surface area contributed by atoms with Crippen LogP contribution < -0.4 is 4.72 Å². The number of hydrogen-bond acceptors (Lipinski definition) is 5. The van der Waals surface area contributed by atoms with Crippen LogP contribution in [-0.2, 0) is 26.1 Å². The van der Waals surface area contributed by atoms with E-state index in [-0.39, 0.29) is 24.1 Å². The summed E-state index contributed by atoms with van der Waals surface area (Å²) in [4.78, 5) is 23.1. The molecular weight excluding hydrogens is 387 g/mol. The predicted octanol–water partition coefficient (Wildman–Crippen LogP) is 4.12. The van der Waals surface area contributed by atoms with E-state index in [2.05, 4.69) is 4.72 Å². The topological polar surface area (TPSA) is 98.5 Å². The highest BCUT2D eigenvalue weighted by Gasteiger charge is 2.41. The van der Waals surface area contributed by atoms with Gasteiger partial charge in [-0.15, -0.1) is 0 Å². The number of carbonyl (C=O) groups excluding carboxylic acids is 1. The zero-order chi connectivity index (χ0) is 21.9. The number of ether oxygens (including phenoxy) is 1. The Hall–Kier alpha value is -1.87. The quantitative estimate of drug-likeness (QED) is 0.409. The molecule has 0 unspecified atom stereocenters. The molecule has 9 heteroatoms. The van der Waals surface area contributed by atoms with Gasteiger partial charge in [0, 0.05) is 17.7 Å². The molecule has 0 amide bonds. The summed E-state index contributed by atoms with van der Waals surface area (Å²) in [5, 5.41) is 11.2. The molecule has 1 aromatic carbocycles. The van der Waals surface area contributed by atoms with E-state index in [0.29, 0.717) is 0 Å². The third-order valence-electron chi connectivity index (χ3n) is 3.99. The maximum absolute atomic E-state index is 14.7. The van der Waals surface area contributed by atoms with E-state index < -0.39 is 43.6 Å². The number of nitro groups is 1. The van der Waals surface area contributed by atoms with Crippen LogP contribution in [0.3, 0.4) is 0 Å². The normalized spacial score (nSPS) is 15.6. The van der Waals surface area contributed by atoms with E-state index in [9.17, 15) is 23.5 Å². The molecule has 28 heavy (non-hydrogen) atoms. The Bertz CT molecular complexity index is 771. The van der Waals surface area contributed by atoms with Crippen LogP contribution in [0.15, 0.2) is 18.2 Å². The lowest BCUT2D eigenvalue weighted by Gasteiger charge is -2.36. The van der Waals surface area contributed by atoms with Gasteiger partial charge in [-0.05, 0) is 54.0 Å². The van der Waals surface area contributed by atoms with Gasteiger partial charge in [-0.1, -0.05) is 6.92 Å². The molecule has 0 aromatic heterocycles. The van der Waals surface area contributed by atoms with Gasteiger partial charge in [0.15, 0.2) is 0 Å². The van der Waals surface area contributed by atoms with Crippen molar-refractivity contribution in [1.82, 2.24) is 4.72 Å². The van der Waals surface area contributed by atoms with E-state index >= 15 is 0 Å². The maximum Gasteiger partial charge on any atom is 0.308 e. The molecule has 1 rings (SSSR count). The molecule has 0 aliphatic heterocycles. The minimum Gasteiger partial charge on any atom is -0.460 e. The van der Waals surface area contributed by atoms with Crippen LogP contribution in [0.5, 0.6) is 0 Å². The maximum atomic E-state index is 14.7. The lowest BCUT2D eigenvalue weighted by molar-refractivity contribution is -0.385. The Balaban J connectivity index is 3.53. The van der Waals surface area contributed by atoms with Gasteiger partial charge in [-0.3, -0.25) is 14.9 Å². The second-order valence-electron chi connectivity index (χ2n) is 8.60. The minimum absolute atomic E-state index is 0.0901. The van der Waals surface area contributed by atoms with Crippen LogP contribution in [0.2, 0.25) is 0 Å². The second-order valence-corrected chi connectivity index (χ2v) is 10.6. The van der Waals surface area contributed by atoms with Crippen LogP contribution >= 0.6 is 0 Å². The Morgan fingerprint density at radius 3 is 2.25 bits per heavy atom. The van der Waals surface area contributed by atoms with Crippen molar-refractivity contribution in [3.63, 3.8) is 0 Å². The zero-order valence-electron chi connectivity index (χ0n) is 17.4. The summed E-state index contributed by atoms with van der Waals surface area (Å²) in [6.45, 7) is 12.0. The molecule has 0 aliphatic carbocycles. The van der Waals surface area contributed by atoms with Crippen molar-refractivity contribution in [3.8, 4) is 0 Å². The van der Waals surface area contributed by atoms with Crippen LogP contribution in [0, 0.1) is 15.9 Å². The van der Waals surface area contributed by atoms with Crippen molar-refractivity contribution in [2.24, 2.45) is 0 Å². The molecule has 0 fully saturated rings. The third kappa shape index (κ3) is 6.34. The Kier molecular flexibility index (Phi) is 7.47. The fourth-order valence-corrected chi connectivity index (χ4v) is 3.51. The van der Waals surface area contributed by atoms with Gasteiger partial charge >= 0.3 is 5.97 Å². The molecule has 0 saturated heterocycles. The molecular formula is C19H29FN2O5S. The molecule has 0 aliphatic rings. The highest BCUT2D eigenvalue weighted by atomic mass is 32.2. The number of esters is 1. The summed E-state index contributed by atoms with van der Waals surface area (Å²) in [7, 11) is -1.67.